The Morgan fingerprint density at radius 2 is 1.32 bits per heavy atom. The van der Waals surface area contributed by atoms with Crippen LogP contribution in [-0.2, 0) is 9.59 Å². The Morgan fingerprint density at radius 3 is 1.64 bits per heavy atom. The van der Waals surface area contributed by atoms with Gasteiger partial charge in [0.2, 0.25) is 5.24 Å². The zero-order valence-electron chi connectivity index (χ0n) is 13.8. The second-order valence-electron chi connectivity index (χ2n) is 4.47. The molecule has 25 heavy (non-hydrogen) atoms. The minimum Gasteiger partial charge on any atom is -0.508 e. The van der Waals surface area contributed by atoms with Gasteiger partial charge in [-0.3, -0.25) is 9.59 Å². The molecule has 0 spiro atoms. The van der Waals surface area contributed by atoms with Crippen LogP contribution in [0.25, 0.3) is 0 Å². The smallest absolute Gasteiger partial charge is 0.310 e. The van der Waals surface area contributed by atoms with Gasteiger partial charge in [0.1, 0.15) is 11.5 Å². The van der Waals surface area contributed by atoms with Crippen LogP contribution in [0, 0.1) is 0 Å². The third kappa shape index (κ3) is 13.6. The van der Waals surface area contributed by atoms with E-state index in [2.05, 4.69) is 31.9 Å². The van der Waals surface area contributed by atoms with Crippen molar-refractivity contribution in [2.24, 2.45) is 0 Å². The number of ether oxygens (including phenoxy) is 1. The van der Waals surface area contributed by atoms with E-state index in [4.69, 9.17) is 21.4 Å². The second kappa shape index (κ2) is 13.9. The molecule has 0 bridgehead atoms. The van der Waals surface area contributed by atoms with E-state index in [9.17, 15) is 9.59 Å². The molecule has 0 aliphatic rings. The van der Waals surface area contributed by atoms with Gasteiger partial charge in [-0.25, -0.2) is 0 Å². The molecule has 136 valence electrons. The Morgan fingerprint density at radius 1 is 0.920 bits per heavy atom. The van der Waals surface area contributed by atoms with E-state index in [1.807, 2.05) is 12.1 Å². The highest BCUT2D eigenvalue weighted by Crippen LogP contribution is 2.16. The first kappa shape index (κ1) is 23.6. The molecule has 0 saturated heterocycles. The standard InChI is InChI=1S/C9H9BrO2.C6H5BrO.C3H5ClO/c1-2-9(11)12-8-5-3-7(10)4-6-8;7-5-1-3-6(8)4-2-5;1-2-3(4)5/h3-6H,2H2,1H3;1-4,8H;2H2,1H3. The summed E-state index contributed by atoms with van der Waals surface area (Å²) in [7, 11) is 0. The number of carbonyl (C=O) groups excluding carboxylic acids is 2. The number of hydrogen-bond donors (Lipinski definition) is 1. The summed E-state index contributed by atoms with van der Waals surface area (Å²) >= 11 is 11.3. The highest BCUT2D eigenvalue weighted by molar-refractivity contribution is 9.10. The molecule has 0 aliphatic heterocycles. The number of hydrogen-bond acceptors (Lipinski definition) is 4. The number of aromatic hydroxyl groups is 1. The van der Waals surface area contributed by atoms with E-state index in [1.54, 1.807) is 50.2 Å². The number of benzene rings is 2. The summed E-state index contributed by atoms with van der Waals surface area (Å²) in [6.07, 6.45) is 0.831. The van der Waals surface area contributed by atoms with Crippen LogP contribution in [0.15, 0.2) is 57.5 Å². The van der Waals surface area contributed by atoms with E-state index in [0.717, 1.165) is 8.95 Å². The summed E-state index contributed by atoms with van der Waals surface area (Å²) in [4.78, 5) is 20.4. The molecule has 2 rings (SSSR count). The van der Waals surface area contributed by atoms with Crippen molar-refractivity contribution in [2.75, 3.05) is 0 Å². The van der Waals surface area contributed by atoms with E-state index < -0.39 is 0 Å². The molecule has 0 aromatic heterocycles. The van der Waals surface area contributed by atoms with Gasteiger partial charge in [0, 0.05) is 21.8 Å². The molecule has 2 aromatic rings. The van der Waals surface area contributed by atoms with Crippen molar-refractivity contribution in [1.82, 2.24) is 0 Å². The van der Waals surface area contributed by atoms with Crippen LogP contribution in [0.1, 0.15) is 26.7 Å². The van der Waals surface area contributed by atoms with Crippen molar-refractivity contribution in [1.29, 1.82) is 0 Å². The first-order chi connectivity index (χ1) is 11.8. The summed E-state index contributed by atoms with van der Waals surface area (Å²) < 4.78 is 6.91. The number of phenolic OH excluding ortho intramolecular Hbond substituents is 1. The minimum atomic E-state index is -0.273. The van der Waals surface area contributed by atoms with Crippen molar-refractivity contribution in [3.05, 3.63) is 57.5 Å². The Kier molecular flexibility index (Phi) is 13.1. The van der Waals surface area contributed by atoms with Gasteiger partial charge in [-0.05, 0) is 60.1 Å². The topological polar surface area (TPSA) is 63.6 Å². The Balaban J connectivity index is 0.000000382. The van der Waals surface area contributed by atoms with Gasteiger partial charge in [0.05, 0.1) is 0 Å². The molecule has 0 aliphatic carbocycles. The van der Waals surface area contributed by atoms with E-state index in [0.29, 0.717) is 24.3 Å². The van der Waals surface area contributed by atoms with Crippen LogP contribution in [-0.4, -0.2) is 16.3 Å². The number of esters is 1. The molecule has 1 N–H and O–H groups in total. The lowest BCUT2D eigenvalue weighted by Crippen LogP contribution is -2.04. The van der Waals surface area contributed by atoms with Gasteiger partial charge in [-0.1, -0.05) is 45.7 Å². The monoisotopic (exact) mass is 492 g/mol. The predicted molar refractivity (Wildman–Crippen MR) is 107 cm³/mol. The molecule has 0 atom stereocenters. The second-order valence-corrected chi connectivity index (χ2v) is 6.72. The van der Waals surface area contributed by atoms with Crippen LogP contribution < -0.4 is 4.74 Å². The average Bonchev–Trinajstić information content (AvgIpc) is 2.60. The molecule has 2 aromatic carbocycles. The maximum Gasteiger partial charge on any atom is 0.310 e. The molecule has 4 nitrogen and oxygen atoms in total. The molecule has 0 radical (unpaired) electrons. The van der Waals surface area contributed by atoms with Gasteiger partial charge in [-0.15, -0.1) is 0 Å². The number of rotatable bonds is 3. The molecular formula is C18H19Br2ClO4. The van der Waals surface area contributed by atoms with Crippen molar-refractivity contribution >= 4 is 54.7 Å². The number of phenols is 1. The number of carbonyl (C=O) groups is 2. The van der Waals surface area contributed by atoms with Crippen LogP contribution in [0.2, 0.25) is 0 Å². The lowest BCUT2D eigenvalue weighted by Gasteiger charge is -2.01. The molecule has 0 unspecified atom stereocenters. The molecular weight excluding hydrogens is 475 g/mol. The predicted octanol–water partition coefficient (Wildman–Crippen LogP) is 6.08. The largest absolute Gasteiger partial charge is 0.508 e. The summed E-state index contributed by atoms with van der Waals surface area (Å²) in [6, 6.07) is 14.0. The molecule has 0 fully saturated rings. The van der Waals surface area contributed by atoms with Gasteiger partial charge in [-0.2, -0.15) is 0 Å². The summed E-state index contributed by atoms with van der Waals surface area (Å²) in [6.45, 7) is 3.48. The molecule has 7 heteroatoms. The van der Waals surface area contributed by atoms with Gasteiger partial charge < -0.3 is 9.84 Å². The fourth-order valence-corrected chi connectivity index (χ4v) is 1.68. The summed E-state index contributed by atoms with van der Waals surface area (Å²) in [5.74, 6) is 0.676. The van der Waals surface area contributed by atoms with Crippen molar-refractivity contribution in [3.8, 4) is 11.5 Å². The first-order valence-corrected chi connectivity index (χ1v) is 9.34. The van der Waals surface area contributed by atoms with Gasteiger partial charge in [0.15, 0.2) is 0 Å². The third-order valence-corrected chi connectivity index (χ3v) is 3.76. The fraction of sp³-hybridized carbons (Fsp3) is 0.222. The summed E-state index contributed by atoms with van der Waals surface area (Å²) in [5, 5.41) is 8.46. The Labute approximate surface area is 169 Å². The van der Waals surface area contributed by atoms with Crippen LogP contribution in [0.5, 0.6) is 11.5 Å². The van der Waals surface area contributed by atoms with Crippen LogP contribution in [0.4, 0.5) is 0 Å². The Bertz CT molecular complexity index is 622. The maximum absolute atomic E-state index is 10.8. The highest BCUT2D eigenvalue weighted by Gasteiger charge is 1.99. The number of halogens is 3. The quantitative estimate of drug-likeness (QED) is 0.319. The van der Waals surface area contributed by atoms with Crippen LogP contribution >= 0.6 is 43.5 Å². The lowest BCUT2D eigenvalue weighted by atomic mass is 10.3. The van der Waals surface area contributed by atoms with Crippen molar-refractivity contribution in [2.45, 2.75) is 26.7 Å². The first-order valence-electron chi connectivity index (χ1n) is 7.37. The third-order valence-electron chi connectivity index (χ3n) is 2.44. The molecule has 0 amide bonds. The normalized spacial score (nSPS) is 9.00. The van der Waals surface area contributed by atoms with Crippen molar-refractivity contribution in [3.63, 3.8) is 0 Å². The minimum absolute atomic E-state index is 0.211. The van der Waals surface area contributed by atoms with Gasteiger partial charge in [0.25, 0.3) is 0 Å². The molecule has 0 heterocycles. The summed E-state index contributed by atoms with van der Waals surface area (Å²) in [5.41, 5.74) is 0. The zero-order valence-corrected chi connectivity index (χ0v) is 17.8. The van der Waals surface area contributed by atoms with E-state index >= 15 is 0 Å². The zero-order chi connectivity index (χ0) is 19.2. The Hall–Kier alpha value is -1.37. The fourth-order valence-electron chi connectivity index (χ4n) is 1.15. The average molecular weight is 495 g/mol. The SMILES string of the molecule is CCC(=O)Cl.CCC(=O)Oc1ccc(Br)cc1.Oc1ccc(Br)cc1. The molecule has 0 saturated carbocycles. The van der Waals surface area contributed by atoms with E-state index in [1.165, 1.54) is 0 Å². The highest BCUT2D eigenvalue weighted by atomic mass is 79.9. The van der Waals surface area contributed by atoms with Crippen molar-refractivity contribution < 1.29 is 19.4 Å². The lowest BCUT2D eigenvalue weighted by molar-refractivity contribution is -0.134. The van der Waals surface area contributed by atoms with Crippen LogP contribution in [0.3, 0.4) is 0 Å². The van der Waals surface area contributed by atoms with E-state index in [-0.39, 0.29) is 11.2 Å². The van der Waals surface area contributed by atoms with Gasteiger partial charge >= 0.3 is 5.97 Å². The maximum atomic E-state index is 10.8.